The van der Waals surface area contributed by atoms with Gasteiger partial charge in [0.05, 0.1) is 23.3 Å². The van der Waals surface area contributed by atoms with Crippen LogP contribution in [-0.2, 0) is 13.2 Å². The number of hydrogen-bond acceptors (Lipinski definition) is 5. The lowest BCUT2D eigenvalue weighted by molar-refractivity contribution is 0.277. The van der Waals surface area contributed by atoms with Crippen molar-refractivity contribution < 1.29 is 14.2 Å². The van der Waals surface area contributed by atoms with E-state index < -0.39 is 0 Å². The fraction of sp³-hybridized carbons (Fsp3) is 0.143. The first kappa shape index (κ1) is 19.2. The predicted octanol–water partition coefficient (Wildman–Crippen LogP) is 4.87. The molecule has 4 rings (SSSR count). The van der Waals surface area contributed by atoms with E-state index in [0.717, 1.165) is 22.2 Å². The molecule has 0 aliphatic heterocycles. The van der Waals surface area contributed by atoms with Crippen molar-refractivity contribution >= 4 is 34.0 Å². The number of aliphatic hydroxyl groups is 1. The average Bonchev–Trinajstić information content (AvgIpc) is 3.04. The van der Waals surface area contributed by atoms with Gasteiger partial charge in [-0.25, -0.2) is 4.39 Å². The van der Waals surface area contributed by atoms with Crippen molar-refractivity contribution in [3.05, 3.63) is 76.3 Å². The minimum Gasteiger partial charge on any atom is -0.487 e. The molecule has 0 bridgehead atoms. The van der Waals surface area contributed by atoms with Gasteiger partial charge < -0.3 is 20.1 Å². The van der Waals surface area contributed by atoms with Gasteiger partial charge in [-0.05, 0) is 48.4 Å². The first-order chi connectivity index (χ1) is 14.0. The highest BCUT2D eigenvalue weighted by Crippen LogP contribution is 2.32. The Labute approximate surface area is 171 Å². The Hall–Kier alpha value is -3.16. The maximum absolute atomic E-state index is 13.3. The summed E-state index contributed by atoms with van der Waals surface area (Å²) in [4.78, 5) is 3.13. The minimum atomic E-state index is -0.309. The van der Waals surface area contributed by atoms with Crippen molar-refractivity contribution in [3.63, 3.8) is 0 Å². The molecule has 2 heterocycles. The highest BCUT2D eigenvalue weighted by atomic mass is 35.5. The summed E-state index contributed by atoms with van der Waals surface area (Å²) >= 11 is 6.35. The first-order valence-corrected chi connectivity index (χ1v) is 9.30. The van der Waals surface area contributed by atoms with Crippen molar-refractivity contribution in [3.8, 4) is 5.75 Å². The van der Waals surface area contributed by atoms with Crippen molar-refractivity contribution in [1.82, 2.24) is 15.2 Å². The maximum atomic E-state index is 13.3. The molecule has 4 aromatic rings. The average molecular weight is 413 g/mol. The molecule has 0 amide bonds. The van der Waals surface area contributed by atoms with Crippen LogP contribution in [0.5, 0.6) is 5.75 Å². The molecular weight excluding hydrogens is 395 g/mol. The third kappa shape index (κ3) is 4.01. The number of aromatic amines is 1. The second-order valence-corrected chi connectivity index (χ2v) is 6.96. The van der Waals surface area contributed by atoms with Gasteiger partial charge in [0.25, 0.3) is 0 Å². The number of aromatic nitrogens is 3. The minimum absolute atomic E-state index is 0.0941. The van der Waals surface area contributed by atoms with Crippen LogP contribution in [0.1, 0.15) is 16.8 Å². The van der Waals surface area contributed by atoms with Crippen molar-refractivity contribution in [2.45, 2.75) is 20.1 Å². The third-order valence-corrected chi connectivity index (χ3v) is 4.90. The van der Waals surface area contributed by atoms with Gasteiger partial charge >= 0.3 is 0 Å². The SMILES string of the molecule is Cc1c(CO)[nH]c2cnnc(Nc3ccc(OCc4cccc(F)c4)c(Cl)c3)c12. The van der Waals surface area contributed by atoms with Crippen LogP contribution in [-0.4, -0.2) is 20.3 Å². The number of anilines is 2. The molecule has 0 unspecified atom stereocenters. The molecule has 0 spiro atoms. The second kappa shape index (κ2) is 8.06. The number of H-pyrrole nitrogens is 1. The molecule has 29 heavy (non-hydrogen) atoms. The van der Waals surface area contributed by atoms with Gasteiger partial charge in [0.15, 0.2) is 5.82 Å². The standard InChI is InChI=1S/C21H18ClFN4O2/c1-12-18(10-28)26-17-9-24-27-21(20(12)17)25-15-5-6-19(16(22)8-15)29-11-13-3-2-4-14(23)7-13/h2-9,26,28H,10-11H2,1H3,(H,25,27). The van der Waals surface area contributed by atoms with E-state index in [1.165, 1.54) is 12.1 Å². The lowest BCUT2D eigenvalue weighted by atomic mass is 10.2. The number of rotatable bonds is 6. The molecule has 3 N–H and O–H groups in total. The van der Waals surface area contributed by atoms with E-state index >= 15 is 0 Å². The summed E-state index contributed by atoms with van der Waals surface area (Å²) in [5, 5.41) is 22.1. The lowest BCUT2D eigenvalue weighted by Gasteiger charge is -2.11. The van der Waals surface area contributed by atoms with Crippen molar-refractivity contribution in [2.24, 2.45) is 0 Å². The lowest BCUT2D eigenvalue weighted by Crippen LogP contribution is -1.99. The Morgan fingerprint density at radius 1 is 1.24 bits per heavy atom. The Morgan fingerprint density at radius 3 is 2.86 bits per heavy atom. The number of aliphatic hydroxyl groups excluding tert-OH is 1. The quantitative estimate of drug-likeness (QED) is 0.420. The fourth-order valence-electron chi connectivity index (χ4n) is 3.13. The summed E-state index contributed by atoms with van der Waals surface area (Å²) in [6.07, 6.45) is 1.61. The summed E-state index contributed by atoms with van der Waals surface area (Å²) in [7, 11) is 0. The third-order valence-electron chi connectivity index (χ3n) is 4.60. The molecule has 0 fully saturated rings. The molecule has 2 aromatic carbocycles. The van der Waals surface area contributed by atoms with Gasteiger partial charge in [-0.2, -0.15) is 5.10 Å². The summed E-state index contributed by atoms with van der Waals surface area (Å²) in [6, 6.07) is 11.5. The summed E-state index contributed by atoms with van der Waals surface area (Å²) in [6.45, 7) is 2.03. The number of benzene rings is 2. The molecule has 6 nitrogen and oxygen atoms in total. The van der Waals surface area contributed by atoms with Gasteiger partial charge in [-0.15, -0.1) is 5.10 Å². The Kier molecular flexibility index (Phi) is 5.33. The largest absolute Gasteiger partial charge is 0.487 e. The van der Waals surface area contributed by atoms with Crippen molar-refractivity contribution in [2.75, 3.05) is 5.32 Å². The molecule has 0 aliphatic rings. The monoisotopic (exact) mass is 412 g/mol. The number of ether oxygens (including phenoxy) is 1. The predicted molar refractivity (Wildman–Crippen MR) is 110 cm³/mol. The van der Waals surface area contributed by atoms with Gasteiger partial charge in [-0.3, -0.25) is 0 Å². The van der Waals surface area contributed by atoms with Crippen LogP contribution in [0.4, 0.5) is 15.9 Å². The molecule has 2 aromatic heterocycles. The van der Waals surface area contributed by atoms with Gasteiger partial charge in [0.2, 0.25) is 0 Å². The zero-order valence-corrected chi connectivity index (χ0v) is 16.3. The van der Waals surface area contributed by atoms with Crippen LogP contribution < -0.4 is 10.1 Å². The normalized spacial score (nSPS) is 11.0. The molecule has 0 saturated carbocycles. The fourth-order valence-corrected chi connectivity index (χ4v) is 3.37. The van der Waals surface area contributed by atoms with Crippen molar-refractivity contribution in [1.29, 1.82) is 0 Å². The molecule has 0 atom stereocenters. The summed E-state index contributed by atoms with van der Waals surface area (Å²) in [5.74, 6) is 0.739. The van der Waals surface area contributed by atoms with E-state index in [9.17, 15) is 9.50 Å². The molecule has 8 heteroatoms. The zero-order chi connectivity index (χ0) is 20.4. The first-order valence-electron chi connectivity index (χ1n) is 8.92. The van der Waals surface area contributed by atoms with Crippen LogP contribution in [0.15, 0.2) is 48.7 Å². The van der Waals surface area contributed by atoms with E-state index in [1.54, 1.807) is 30.5 Å². The molecule has 148 valence electrons. The number of fused-ring (bicyclic) bond motifs is 1. The van der Waals surface area contributed by atoms with Crippen LogP contribution >= 0.6 is 11.6 Å². The maximum Gasteiger partial charge on any atom is 0.162 e. The number of nitrogens with zero attached hydrogens (tertiary/aromatic N) is 2. The van der Waals surface area contributed by atoms with E-state index in [4.69, 9.17) is 16.3 Å². The summed E-state index contributed by atoms with van der Waals surface area (Å²) < 4.78 is 19.0. The molecular formula is C21H18ClFN4O2. The van der Waals surface area contributed by atoms with E-state index in [-0.39, 0.29) is 19.0 Å². The van der Waals surface area contributed by atoms with Crippen LogP contribution in [0.2, 0.25) is 5.02 Å². The van der Waals surface area contributed by atoms with E-state index in [0.29, 0.717) is 27.8 Å². The molecule has 0 radical (unpaired) electrons. The second-order valence-electron chi connectivity index (χ2n) is 6.56. The summed E-state index contributed by atoms with van der Waals surface area (Å²) in [5.41, 5.74) is 3.83. The molecule has 0 aliphatic carbocycles. The number of halogens is 2. The smallest absolute Gasteiger partial charge is 0.162 e. The van der Waals surface area contributed by atoms with Gasteiger partial charge in [0.1, 0.15) is 18.2 Å². The van der Waals surface area contributed by atoms with Crippen LogP contribution in [0.3, 0.4) is 0 Å². The van der Waals surface area contributed by atoms with Gasteiger partial charge in [0, 0.05) is 16.8 Å². The van der Waals surface area contributed by atoms with Gasteiger partial charge in [-0.1, -0.05) is 23.7 Å². The Balaban J connectivity index is 1.54. The highest BCUT2D eigenvalue weighted by Gasteiger charge is 2.13. The zero-order valence-electron chi connectivity index (χ0n) is 15.5. The van der Waals surface area contributed by atoms with Crippen LogP contribution in [0, 0.1) is 12.7 Å². The highest BCUT2D eigenvalue weighted by molar-refractivity contribution is 6.32. The van der Waals surface area contributed by atoms with E-state index in [2.05, 4.69) is 20.5 Å². The molecule has 0 saturated heterocycles. The number of hydrogen-bond donors (Lipinski definition) is 3. The topological polar surface area (TPSA) is 83.1 Å². The Bertz CT molecular complexity index is 1180. The van der Waals surface area contributed by atoms with E-state index in [1.807, 2.05) is 13.0 Å². The van der Waals surface area contributed by atoms with Crippen LogP contribution in [0.25, 0.3) is 10.9 Å². The Morgan fingerprint density at radius 2 is 2.10 bits per heavy atom. The number of aryl methyl sites for hydroxylation is 1. The number of nitrogens with one attached hydrogen (secondary N) is 2.